The van der Waals surface area contributed by atoms with Gasteiger partial charge in [-0.1, -0.05) is 54.1 Å². The van der Waals surface area contributed by atoms with Crippen molar-refractivity contribution in [2.75, 3.05) is 6.54 Å². The van der Waals surface area contributed by atoms with Gasteiger partial charge in [0, 0.05) is 18.6 Å². The molecule has 0 saturated carbocycles. The maximum atomic E-state index is 13.0. The first-order valence-corrected chi connectivity index (χ1v) is 10.9. The predicted octanol–water partition coefficient (Wildman–Crippen LogP) is 3.44. The lowest BCUT2D eigenvalue weighted by molar-refractivity contribution is 0.0958. The molecule has 0 radical (unpaired) electrons. The smallest absolute Gasteiger partial charge is 0.332 e. The van der Waals surface area contributed by atoms with Crippen molar-refractivity contribution in [3.8, 4) is 0 Å². The molecule has 2 aromatic carbocycles. The first kappa shape index (κ1) is 21.1. The standard InChI is InChI=1S/C23H20ClN3O3S/c1-26-22-18(21(29)27(23(26)30)14-16-5-3-2-4-6-16)13-19(31-22)20(28)25-12-11-15-7-9-17(24)10-8-15/h2-10,13H,11-12,14H2,1H3,(H,25,28). The maximum Gasteiger partial charge on any atom is 0.332 e. The molecule has 158 valence electrons. The van der Waals surface area contributed by atoms with Crippen LogP contribution in [0.3, 0.4) is 0 Å². The summed E-state index contributed by atoms with van der Waals surface area (Å²) in [7, 11) is 1.62. The largest absolute Gasteiger partial charge is 0.351 e. The molecule has 0 saturated heterocycles. The second-order valence-corrected chi connectivity index (χ2v) is 8.65. The number of nitrogens with one attached hydrogen (secondary N) is 1. The van der Waals surface area contributed by atoms with E-state index in [1.165, 1.54) is 9.13 Å². The number of thiophene rings is 1. The summed E-state index contributed by atoms with van der Waals surface area (Å²) in [4.78, 5) is 39.3. The fourth-order valence-electron chi connectivity index (χ4n) is 3.36. The third-order valence-corrected chi connectivity index (χ3v) is 6.49. The van der Waals surface area contributed by atoms with Gasteiger partial charge in [-0.3, -0.25) is 18.7 Å². The van der Waals surface area contributed by atoms with Crippen LogP contribution in [0.4, 0.5) is 0 Å². The van der Waals surface area contributed by atoms with Gasteiger partial charge in [0.05, 0.1) is 16.8 Å². The normalized spacial score (nSPS) is 11.0. The van der Waals surface area contributed by atoms with Crippen molar-refractivity contribution in [3.63, 3.8) is 0 Å². The molecule has 2 aromatic heterocycles. The van der Waals surface area contributed by atoms with Crippen molar-refractivity contribution in [3.05, 3.63) is 103 Å². The Labute approximate surface area is 187 Å². The monoisotopic (exact) mass is 453 g/mol. The third-order valence-electron chi connectivity index (χ3n) is 5.03. The minimum absolute atomic E-state index is 0.181. The second-order valence-electron chi connectivity index (χ2n) is 7.18. The number of fused-ring (bicyclic) bond motifs is 1. The molecular weight excluding hydrogens is 434 g/mol. The zero-order valence-electron chi connectivity index (χ0n) is 16.8. The average molecular weight is 454 g/mol. The number of hydrogen-bond acceptors (Lipinski definition) is 4. The number of aromatic nitrogens is 2. The Morgan fingerprint density at radius 2 is 1.74 bits per heavy atom. The SMILES string of the molecule is Cn1c(=O)n(Cc2ccccc2)c(=O)c2cc(C(=O)NCCc3ccc(Cl)cc3)sc21. The lowest BCUT2D eigenvalue weighted by atomic mass is 10.1. The fourth-order valence-corrected chi connectivity index (χ4v) is 4.51. The van der Waals surface area contributed by atoms with Gasteiger partial charge in [0.2, 0.25) is 0 Å². The highest BCUT2D eigenvalue weighted by molar-refractivity contribution is 7.20. The number of amides is 1. The summed E-state index contributed by atoms with van der Waals surface area (Å²) < 4.78 is 2.63. The number of carbonyl (C=O) groups excluding carboxylic acids is 1. The number of carbonyl (C=O) groups is 1. The zero-order valence-corrected chi connectivity index (χ0v) is 18.4. The topological polar surface area (TPSA) is 73.1 Å². The molecule has 0 unspecified atom stereocenters. The van der Waals surface area contributed by atoms with Crippen molar-refractivity contribution in [1.82, 2.24) is 14.5 Å². The van der Waals surface area contributed by atoms with E-state index in [-0.39, 0.29) is 12.5 Å². The van der Waals surface area contributed by atoms with E-state index in [1.807, 2.05) is 54.6 Å². The van der Waals surface area contributed by atoms with Crippen LogP contribution in [0.15, 0.2) is 70.3 Å². The van der Waals surface area contributed by atoms with Crippen LogP contribution in [0.2, 0.25) is 5.02 Å². The van der Waals surface area contributed by atoms with E-state index >= 15 is 0 Å². The number of aryl methyl sites for hydroxylation is 1. The average Bonchev–Trinajstić information content (AvgIpc) is 3.23. The molecule has 0 aliphatic carbocycles. The molecule has 0 fully saturated rings. The van der Waals surface area contributed by atoms with Crippen LogP contribution in [0.5, 0.6) is 0 Å². The van der Waals surface area contributed by atoms with Crippen LogP contribution in [0.1, 0.15) is 20.8 Å². The molecule has 4 aromatic rings. The van der Waals surface area contributed by atoms with Gasteiger partial charge in [-0.25, -0.2) is 4.79 Å². The quantitative estimate of drug-likeness (QED) is 0.486. The fraction of sp³-hybridized carbons (Fsp3) is 0.174. The first-order valence-electron chi connectivity index (χ1n) is 9.74. The Kier molecular flexibility index (Phi) is 6.06. The molecule has 2 heterocycles. The molecule has 1 amide bonds. The lowest BCUT2D eigenvalue weighted by Gasteiger charge is -2.08. The van der Waals surface area contributed by atoms with Crippen molar-refractivity contribution in [2.45, 2.75) is 13.0 Å². The van der Waals surface area contributed by atoms with Crippen molar-refractivity contribution >= 4 is 39.1 Å². The molecule has 0 spiro atoms. The van der Waals surface area contributed by atoms with E-state index < -0.39 is 11.2 Å². The Hall–Kier alpha value is -3.16. The van der Waals surface area contributed by atoms with Crippen LogP contribution < -0.4 is 16.6 Å². The van der Waals surface area contributed by atoms with Crippen LogP contribution in [0.25, 0.3) is 10.2 Å². The van der Waals surface area contributed by atoms with E-state index in [9.17, 15) is 14.4 Å². The number of nitrogens with zero attached hydrogens (tertiary/aromatic N) is 2. The highest BCUT2D eigenvalue weighted by Crippen LogP contribution is 2.21. The molecule has 8 heteroatoms. The Morgan fingerprint density at radius 1 is 1.03 bits per heavy atom. The van der Waals surface area contributed by atoms with Gasteiger partial charge in [-0.15, -0.1) is 11.3 Å². The number of rotatable bonds is 6. The van der Waals surface area contributed by atoms with Crippen LogP contribution in [-0.2, 0) is 20.0 Å². The van der Waals surface area contributed by atoms with Crippen molar-refractivity contribution in [2.24, 2.45) is 7.05 Å². The first-order chi connectivity index (χ1) is 14.9. The Morgan fingerprint density at radius 3 is 2.45 bits per heavy atom. The molecule has 0 bridgehead atoms. The molecule has 0 aliphatic rings. The van der Waals surface area contributed by atoms with Crippen LogP contribution >= 0.6 is 22.9 Å². The van der Waals surface area contributed by atoms with Gasteiger partial charge in [0.15, 0.2) is 0 Å². The zero-order chi connectivity index (χ0) is 22.0. The summed E-state index contributed by atoms with van der Waals surface area (Å²) in [6, 6.07) is 18.4. The van der Waals surface area contributed by atoms with Crippen molar-refractivity contribution in [1.29, 1.82) is 0 Å². The van der Waals surface area contributed by atoms with Gasteiger partial charge in [-0.05, 0) is 35.7 Å². The number of hydrogen-bond donors (Lipinski definition) is 1. The van der Waals surface area contributed by atoms with E-state index in [0.717, 1.165) is 22.5 Å². The van der Waals surface area contributed by atoms with Gasteiger partial charge in [-0.2, -0.15) is 0 Å². The third kappa shape index (κ3) is 4.47. The van der Waals surface area contributed by atoms with E-state index in [1.54, 1.807) is 13.1 Å². The Bertz CT molecular complexity index is 1360. The Balaban J connectivity index is 1.57. The lowest BCUT2D eigenvalue weighted by Crippen LogP contribution is -2.38. The number of halogens is 1. The summed E-state index contributed by atoms with van der Waals surface area (Å²) in [5, 5.41) is 3.91. The minimum Gasteiger partial charge on any atom is -0.351 e. The van der Waals surface area contributed by atoms with Crippen LogP contribution in [-0.4, -0.2) is 21.6 Å². The van der Waals surface area contributed by atoms with Crippen LogP contribution in [0, 0.1) is 0 Å². The van der Waals surface area contributed by atoms with E-state index in [0.29, 0.717) is 33.1 Å². The molecule has 6 nitrogen and oxygen atoms in total. The predicted molar refractivity (Wildman–Crippen MR) is 124 cm³/mol. The minimum atomic E-state index is -0.405. The summed E-state index contributed by atoms with van der Waals surface area (Å²) in [5.41, 5.74) is 1.12. The van der Waals surface area contributed by atoms with Gasteiger partial charge in [0.25, 0.3) is 11.5 Å². The maximum absolute atomic E-state index is 13.0. The molecule has 4 rings (SSSR count). The van der Waals surface area contributed by atoms with Gasteiger partial charge in [0.1, 0.15) is 4.83 Å². The molecule has 1 N–H and O–H groups in total. The highest BCUT2D eigenvalue weighted by Gasteiger charge is 2.17. The summed E-state index contributed by atoms with van der Waals surface area (Å²) in [5.74, 6) is -0.267. The number of benzene rings is 2. The van der Waals surface area contributed by atoms with Gasteiger partial charge < -0.3 is 5.32 Å². The second kappa shape index (κ2) is 8.91. The van der Waals surface area contributed by atoms with Gasteiger partial charge >= 0.3 is 5.69 Å². The highest BCUT2D eigenvalue weighted by atomic mass is 35.5. The van der Waals surface area contributed by atoms with E-state index in [2.05, 4.69) is 5.32 Å². The summed E-state index contributed by atoms with van der Waals surface area (Å²) in [6.07, 6.45) is 0.663. The molecule has 31 heavy (non-hydrogen) atoms. The summed E-state index contributed by atoms with van der Waals surface area (Å²) >= 11 is 7.03. The molecule has 0 aliphatic heterocycles. The summed E-state index contributed by atoms with van der Waals surface area (Å²) in [6.45, 7) is 0.632. The molecular formula is C23H20ClN3O3S. The van der Waals surface area contributed by atoms with E-state index in [4.69, 9.17) is 11.6 Å². The van der Waals surface area contributed by atoms with Crippen molar-refractivity contribution < 1.29 is 4.79 Å². The molecule has 0 atom stereocenters.